The van der Waals surface area contributed by atoms with Crippen LogP contribution >= 0.6 is 0 Å². The van der Waals surface area contributed by atoms with Gasteiger partial charge in [0.2, 0.25) is 0 Å². The van der Waals surface area contributed by atoms with E-state index in [-0.39, 0.29) is 46.4 Å². The van der Waals surface area contributed by atoms with Gasteiger partial charge in [-0.25, -0.2) is 0 Å². The van der Waals surface area contributed by atoms with Crippen molar-refractivity contribution in [2.75, 3.05) is 24.7 Å². The molecule has 1 amide bonds. The lowest BCUT2D eigenvalue weighted by Gasteiger charge is -2.33. The highest BCUT2D eigenvalue weighted by molar-refractivity contribution is 5.99. The second kappa shape index (κ2) is 10.1. The van der Waals surface area contributed by atoms with Crippen LogP contribution < -0.4 is 21.5 Å². The maximum atomic E-state index is 12.4. The summed E-state index contributed by atoms with van der Waals surface area (Å²) in [6.45, 7) is 0.473. The monoisotopic (exact) mass is 463 g/mol. The molecule has 0 aromatic heterocycles. The number of nitrogens with one attached hydrogen (secondary N) is 2. The number of amides is 1. The molecular formula is C26H29N3O5. The van der Waals surface area contributed by atoms with Gasteiger partial charge in [-0.2, -0.15) is 0 Å². The van der Waals surface area contributed by atoms with Gasteiger partial charge in [-0.05, 0) is 30.5 Å². The lowest BCUT2D eigenvalue weighted by molar-refractivity contribution is 0.00881. The molecule has 4 rings (SSSR count). The SMILES string of the molecule is CN(C)C(=O)c1cccc(Nc2c(N[C@@H]3CCCC[C@H]3OCc3ccccc3)c(=O)c2=O)c1O. The van der Waals surface area contributed by atoms with Crippen molar-refractivity contribution >= 4 is 23.0 Å². The topological polar surface area (TPSA) is 108 Å². The molecule has 0 unspecified atom stereocenters. The van der Waals surface area contributed by atoms with Crippen molar-refractivity contribution < 1.29 is 14.6 Å². The maximum absolute atomic E-state index is 12.4. The Bertz CT molecular complexity index is 1230. The zero-order valence-electron chi connectivity index (χ0n) is 19.3. The Morgan fingerprint density at radius 1 is 1.00 bits per heavy atom. The highest BCUT2D eigenvalue weighted by Gasteiger charge is 2.31. The number of hydrogen-bond donors (Lipinski definition) is 3. The van der Waals surface area contributed by atoms with Crippen molar-refractivity contribution in [2.45, 2.75) is 44.4 Å². The molecule has 1 saturated carbocycles. The van der Waals surface area contributed by atoms with Crippen molar-refractivity contribution in [3.8, 4) is 5.75 Å². The van der Waals surface area contributed by atoms with E-state index >= 15 is 0 Å². The number of rotatable bonds is 8. The Morgan fingerprint density at radius 3 is 2.44 bits per heavy atom. The van der Waals surface area contributed by atoms with Gasteiger partial charge in [0, 0.05) is 14.1 Å². The molecule has 0 spiro atoms. The van der Waals surface area contributed by atoms with Gasteiger partial charge in [-0.15, -0.1) is 0 Å². The van der Waals surface area contributed by atoms with E-state index in [1.54, 1.807) is 26.2 Å². The number of phenolic OH excluding ortho intramolecular Hbond substituents is 1. The van der Waals surface area contributed by atoms with Gasteiger partial charge >= 0.3 is 0 Å². The van der Waals surface area contributed by atoms with Gasteiger partial charge < -0.3 is 25.4 Å². The fraction of sp³-hybridized carbons (Fsp3) is 0.346. The van der Waals surface area contributed by atoms with Gasteiger partial charge in [0.15, 0.2) is 5.75 Å². The number of benzene rings is 2. The van der Waals surface area contributed by atoms with Crippen LogP contribution in [0.5, 0.6) is 5.75 Å². The minimum absolute atomic E-state index is 0.0853. The van der Waals surface area contributed by atoms with E-state index in [0.29, 0.717) is 6.61 Å². The number of ether oxygens (including phenoxy) is 1. The fourth-order valence-electron chi connectivity index (χ4n) is 4.27. The zero-order valence-corrected chi connectivity index (χ0v) is 19.3. The Morgan fingerprint density at radius 2 is 1.71 bits per heavy atom. The number of para-hydroxylation sites is 1. The van der Waals surface area contributed by atoms with Crippen LogP contribution in [0.4, 0.5) is 17.1 Å². The fourth-order valence-corrected chi connectivity index (χ4v) is 4.27. The van der Waals surface area contributed by atoms with Crippen molar-refractivity contribution in [3.05, 3.63) is 80.1 Å². The van der Waals surface area contributed by atoms with Gasteiger partial charge in [0.1, 0.15) is 11.4 Å². The smallest absolute Gasteiger partial charge is 0.257 e. The summed E-state index contributed by atoms with van der Waals surface area (Å²) in [7, 11) is 3.17. The second-order valence-corrected chi connectivity index (χ2v) is 8.80. The van der Waals surface area contributed by atoms with Crippen LogP contribution in [0.1, 0.15) is 41.6 Å². The normalized spacial score (nSPS) is 17.9. The van der Waals surface area contributed by atoms with Gasteiger partial charge in [0.25, 0.3) is 16.8 Å². The summed E-state index contributed by atoms with van der Waals surface area (Å²) >= 11 is 0. The van der Waals surface area contributed by atoms with Crippen molar-refractivity contribution in [1.29, 1.82) is 0 Å². The van der Waals surface area contributed by atoms with E-state index in [0.717, 1.165) is 31.2 Å². The first kappa shape index (κ1) is 23.5. The van der Waals surface area contributed by atoms with Crippen LogP contribution in [0.25, 0.3) is 0 Å². The Labute approximate surface area is 197 Å². The Hall–Kier alpha value is -3.65. The second-order valence-electron chi connectivity index (χ2n) is 8.80. The van der Waals surface area contributed by atoms with Crippen LogP contribution in [0, 0.1) is 0 Å². The first-order valence-corrected chi connectivity index (χ1v) is 11.4. The molecular weight excluding hydrogens is 434 g/mol. The van der Waals surface area contributed by atoms with E-state index < -0.39 is 10.9 Å². The van der Waals surface area contributed by atoms with E-state index in [2.05, 4.69) is 10.6 Å². The average molecular weight is 464 g/mol. The Balaban J connectivity index is 1.51. The molecule has 3 N–H and O–H groups in total. The van der Waals surface area contributed by atoms with Crippen LogP contribution in [-0.2, 0) is 11.3 Å². The van der Waals surface area contributed by atoms with Gasteiger partial charge in [0.05, 0.1) is 30.0 Å². The summed E-state index contributed by atoms with van der Waals surface area (Å²) in [4.78, 5) is 38.4. The number of carbonyl (C=O) groups excluding carboxylic acids is 1. The lowest BCUT2D eigenvalue weighted by Crippen LogP contribution is -2.44. The van der Waals surface area contributed by atoms with E-state index in [9.17, 15) is 19.5 Å². The van der Waals surface area contributed by atoms with Gasteiger partial charge in [-0.1, -0.05) is 49.2 Å². The number of nitrogens with zero attached hydrogens (tertiary/aromatic N) is 1. The molecule has 178 valence electrons. The molecule has 3 aromatic rings. The average Bonchev–Trinajstić information content (AvgIpc) is 2.86. The zero-order chi connectivity index (χ0) is 24.2. The third-order valence-electron chi connectivity index (χ3n) is 6.18. The summed E-state index contributed by atoms with van der Waals surface area (Å²) in [5.41, 5.74) is 0.369. The number of anilines is 3. The molecule has 0 heterocycles. The molecule has 3 aromatic carbocycles. The molecule has 0 aliphatic heterocycles. The third kappa shape index (κ3) is 4.82. The molecule has 0 bridgehead atoms. The van der Waals surface area contributed by atoms with E-state index in [4.69, 9.17) is 4.74 Å². The first-order valence-electron chi connectivity index (χ1n) is 11.4. The lowest BCUT2D eigenvalue weighted by atomic mass is 9.91. The number of carbonyl (C=O) groups is 1. The molecule has 8 heteroatoms. The predicted octanol–water partition coefficient (Wildman–Crippen LogP) is 3.37. The van der Waals surface area contributed by atoms with Crippen molar-refractivity contribution in [2.24, 2.45) is 0 Å². The minimum Gasteiger partial charge on any atom is -0.505 e. The summed E-state index contributed by atoms with van der Waals surface area (Å²) < 4.78 is 6.17. The first-order chi connectivity index (χ1) is 16.4. The van der Waals surface area contributed by atoms with E-state index in [1.807, 2.05) is 30.3 Å². The number of aromatic hydroxyl groups is 1. The van der Waals surface area contributed by atoms with Crippen molar-refractivity contribution in [3.63, 3.8) is 0 Å². The van der Waals surface area contributed by atoms with Gasteiger partial charge in [-0.3, -0.25) is 14.4 Å². The molecule has 1 aliphatic rings. The highest BCUT2D eigenvalue weighted by atomic mass is 16.5. The minimum atomic E-state index is -0.663. The molecule has 1 fully saturated rings. The molecule has 2 atom stereocenters. The molecule has 34 heavy (non-hydrogen) atoms. The number of hydrogen-bond acceptors (Lipinski definition) is 7. The molecule has 8 nitrogen and oxygen atoms in total. The van der Waals surface area contributed by atoms with Crippen molar-refractivity contribution in [1.82, 2.24) is 4.90 Å². The maximum Gasteiger partial charge on any atom is 0.257 e. The highest BCUT2D eigenvalue weighted by Crippen LogP contribution is 2.33. The van der Waals surface area contributed by atoms with Crippen LogP contribution in [0.3, 0.4) is 0 Å². The standard InChI is InChI=1S/C26H29N3O5/c1-29(2)26(33)17-11-8-13-19(23(17)30)28-22-21(24(31)25(22)32)27-18-12-6-7-14-20(18)34-15-16-9-4-3-5-10-16/h3-5,8-11,13,18,20,27-28,30H,6-7,12,14-15H2,1-2H3/t18-,20-/m1/s1. The largest absolute Gasteiger partial charge is 0.505 e. The molecule has 0 radical (unpaired) electrons. The quantitative estimate of drug-likeness (QED) is 0.347. The number of phenols is 1. The Kier molecular flexibility index (Phi) is 6.98. The van der Waals surface area contributed by atoms with E-state index in [1.165, 1.54) is 11.0 Å². The van der Waals surface area contributed by atoms with Crippen LogP contribution in [0.15, 0.2) is 58.1 Å². The molecule has 1 aliphatic carbocycles. The summed E-state index contributed by atoms with van der Waals surface area (Å²) in [5.74, 6) is -0.646. The summed E-state index contributed by atoms with van der Waals surface area (Å²) in [5, 5.41) is 16.7. The predicted molar refractivity (Wildman–Crippen MR) is 132 cm³/mol. The van der Waals surface area contributed by atoms with Crippen LogP contribution in [0.2, 0.25) is 0 Å². The summed E-state index contributed by atoms with van der Waals surface area (Å²) in [6, 6.07) is 14.4. The van der Waals surface area contributed by atoms with Crippen LogP contribution in [-0.4, -0.2) is 42.2 Å². The third-order valence-corrected chi connectivity index (χ3v) is 6.18. The summed E-state index contributed by atoms with van der Waals surface area (Å²) in [6.07, 6.45) is 3.61. The molecule has 0 saturated heterocycles.